The van der Waals surface area contributed by atoms with Gasteiger partial charge in [0, 0.05) is 19.1 Å². The first-order valence-corrected chi connectivity index (χ1v) is 8.44. The highest BCUT2D eigenvalue weighted by atomic mass is 16.5. The molecule has 2 N–H and O–H groups in total. The molecule has 1 saturated heterocycles. The van der Waals surface area contributed by atoms with Crippen LogP contribution in [0.2, 0.25) is 0 Å². The van der Waals surface area contributed by atoms with Gasteiger partial charge in [-0.15, -0.1) is 0 Å². The normalized spacial score (nSPS) is 21.3. The number of carbonyl (C=O) groups is 1. The second-order valence-electron chi connectivity index (χ2n) is 6.05. The molecule has 1 fully saturated rings. The maximum Gasteiger partial charge on any atom is 0.311 e. The van der Waals surface area contributed by atoms with E-state index >= 15 is 0 Å². The van der Waals surface area contributed by atoms with E-state index in [9.17, 15) is 4.79 Å². The lowest BCUT2D eigenvalue weighted by atomic mass is 9.92. The Morgan fingerprint density at radius 2 is 2.04 bits per heavy atom. The van der Waals surface area contributed by atoms with E-state index in [0.29, 0.717) is 13.2 Å². The molecule has 1 aliphatic rings. The van der Waals surface area contributed by atoms with Crippen molar-refractivity contribution < 1.29 is 19.0 Å². The second kappa shape index (κ2) is 8.89. The van der Waals surface area contributed by atoms with E-state index in [-0.39, 0.29) is 17.9 Å². The number of hydrogen-bond donors (Lipinski definition) is 1. The Balaban J connectivity index is 1.93. The Bertz CT molecular complexity index is 550. The number of piperidine rings is 1. The van der Waals surface area contributed by atoms with Gasteiger partial charge in [-0.25, -0.2) is 0 Å². The number of methoxy groups -OCH3 is 2. The van der Waals surface area contributed by atoms with E-state index in [2.05, 4.69) is 4.90 Å². The Hall–Kier alpha value is -1.79. The molecule has 134 valence electrons. The molecular weight excluding hydrogens is 308 g/mol. The lowest BCUT2D eigenvalue weighted by molar-refractivity contribution is -0.150. The van der Waals surface area contributed by atoms with Crippen molar-refractivity contribution in [2.45, 2.75) is 25.8 Å². The number of rotatable bonds is 7. The molecule has 2 rings (SSSR count). The highest BCUT2D eigenvalue weighted by Crippen LogP contribution is 2.28. The van der Waals surface area contributed by atoms with Crippen LogP contribution in [-0.4, -0.2) is 57.4 Å². The summed E-state index contributed by atoms with van der Waals surface area (Å²) in [6.45, 7) is 4.66. The molecule has 24 heavy (non-hydrogen) atoms. The van der Waals surface area contributed by atoms with E-state index in [1.54, 1.807) is 14.2 Å². The summed E-state index contributed by atoms with van der Waals surface area (Å²) >= 11 is 0. The molecule has 0 radical (unpaired) electrons. The van der Waals surface area contributed by atoms with E-state index in [1.165, 1.54) is 5.56 Å². The van der Waals surface area contributed by atoms with E-state index < -0.39 is 0 Å². The van der Waals surface area contributed by atoms with Crippen LogP contribution in [0.3, 0.4) is 0 Å². The zero-order chi connectivity index (χ0) is 17.5. The van der Waals surface area contributed by atoms with Crippen LogP contribution in [0.25, 0.3) is 0 Å². The van der Waals surface area contributed by atoms with Crippen molar-refractivity contribution in [2.75, 3.05) is 40.5 Å². The van der Waals surface area contributed by atoms with Crippen molar-refractivity contribution in [3.8, 4) is 11.5 Å². The summed E-state index contributed by atoms with van der Waals surface area (Å²) in [7, 11) is 3.27. The highest BCUT2D eigenvalue weighted by Gasteiger charge is 2.32. The molecule has 1 aromatic rings. The number of nitrogens with zero attached hydrogens (tertiary/aromatic N) is 1. The van der Waals surface area contributed by atoms with E-state index in [4.69, 9.17) is 19.9 Å². The van der Waals surface area contributed by atoms with Crippen molar-refractivity contribution in [1.29, 1.82) is 0 Å². The molecule has 0 spiro atoms. The van der Waals surface area contributed by atoms with Gasteiger partial charge in [0.25, 0.3) is 0 Å². The second-order valence-corrected chi connectivity index (χ2v) is 6.05. The summed E-state index contributed by atoms with van der Waals surface area (Å²) in [5.74, 6) is 1.05. The van der Waals surface area contributed by atoms with Crippen LogP contribution in [0.1, 0.15) is 18.9 Å². The topological polar surface area (TPSA) is 74.0 Å². The number of nitrogens with two attached hydrogens (primary N) is 1. The van der Waals surface area contributed by atoms with Gasteiger partial charge >= 0.3 is 5.97 Å². The average molecular weight is 336 g/mol. The maximum atomic E-state index is 12.0. The summed E-state index contributed by atoms with van der Waals surface area (Å²) in [6.07, 6.45) is 1.69. The Morgan fingerprint density at radius 1 is 1.29 bits per heavy atom. The first-order valence-electron chi connectivity index (χ1n) is 8.44. The average Bonchev–Trinajstić information content (AvgIpc) is 2.60. The lowest BCUT2D eigenvalue weighted by Crippen LogP contribution is -2.51. The van der Waals surface area contributed by atoms with Crippen LogP contribution in [-0.2, 0) is 16.0 Å². The Morgan fingerprint density at radius 3 is 2.71 bits per heavy atom. The molecule has 0 amide bonds. The molecule has 6 nitrogen and oxygen atoms in total. The smallest absolute Gasteiger partial charge is 0.311 e. The predicted molar refractivity (Wildman–Crippen MR) is 92.4 cm³/mol. The van der Waals surface area contributed by atoms with Gasteiger partial charge in [-0.1, -0.05) is 6.07 Å². The van der Waals surface area contributed by atoms with Gasteiger partial charge in [0.05, 0.1) is 26.7 Å². The molecule has 6 heteroatoms. The van der Waals surface area contributed by atoms with Gasteiger partial charge in [-0.2, -0.15) is 0 Å². The van der Waals surface area contributed by atoms with Crippen molar-refractivity contribution in [3.63, 3.8) is 0 Å². The van der Waals surface area contributed by atoms with Crippen LogP contribution in [0, 0.1) is 5.92 Å². The number of benzene rings is 1. The first-order chi connectivity index (χ1) is 11.6. The SMILES string of the molecule is CCOC(=O)C1CN(CCc2ccc(OC)c(OC)c2)CC[C@@H]1N. The monoisotopic (exact) mass is 336 g/mol. The molecule has 0 aromatic heterocycles. The number of ether oxygens (including phenoxy) is 3. The molecule has 1 heterocycles. The van der Waals surface area contributed by atoms with Crippen LogP contribution >= 0.6 is 0 Å². The summed E-state index contributed by atoms with van der Waals surface area (Å²) in [5.41, 5.74) is 7.27. The first kappa shape index (κ1) is 18.5. The molecule has 2 atom stereocenters. The van der Waals surface area contributed by atoms with Gasteiger partial charge in [0.1, 0.15) is 0 Å². The molecule has 1 unspecified atom stereocenters. The zero-order valence-electron chi connectivity index (χ0n) is 14.8. The molecule has 0 aliphatic carbocycles. The number of likely N-dealkylation sites (tertiary alicyclic amines) is 1. The van der Waals surface area contributed by atoms with Gasteiger partial charge in [-0.05, 0) is 44.0 Å². The fourth-order valence-corrected chi connectivity index (χ4v) is 3.06. The Labute approximate surface area is 143 Å². The maximum absolute atomic E-state index is 12.0. The quantitative estimate of drug-likeness (QED) is 0.760. The minimum atomic E-state index is -0.232. The van der Waals surface area contributed by atoms with Crippen LogP contribution < -0.4 is 15.2 Å². The van der Waals surface area contributed by atoms with Crippen LogP contribution in [0.15, 0.2) is 18.2 Å². The number of esters is 1. The summed E-state index contributed by atoms with van der Waals surface area (Å²) < 4.78 is 15.7. The van der Waals surface area contributed by atoms with Crippen molar-refractivity contribution >= 4 is 5.97 Å². The van der Waals surface area contributed by atoms with Crippen molar-refractivity contribution in [1.82, 2.24) is 4.90 Å². The molecule has 1 aromatic carbocycles. The fourth-order valence-electron chi connectivity index (χ4n) is 3.06. The Kier molecular flexibility index (Phi) is 6.87. The minimum Gasteiger partial charge on any atom is -0.493 e. The lowest BCUT2D eigenvalue weighted by Gasteiger charge is -2.35. The number of carbonyl (C=O) groups excluding carboxylic acids is 1. The molecule has 1 aliphatic heterocycles. The van der Waals surface area contributed by atoms with Gasteiger partial charge in [0.15, 0.2) is 11.5 Å². The molecule has 0 saturated carbocycles. The zero-order valence-corrected chi connectivity index (χ0v) is 14.8. The predicted octanol–water partition coefficient (Wildman–Crippen LogP) is 1.46. The van der Waals surface area contributed by atoms with Gasteiger partial charge in [-0.3, -0.25) is 4.79 Å². The third kappa shape index (κ3) is 4.61. The standard InChI is InChI=1S/C18H28N2O4/c1-4-24-18(21)14-12-20(10-8-15(14)19)9-7-13-5-6-16(22-2)17(11-13)23-3/h5-6,11,14-15H,4,7-10,12,19H2,1-3H3/t14?,15-/m0/s1. The molecule has 0 bridgehead atoms. The minimum absolute atomic E-state index is 0.110. The van der Waals surface area contributed by atoms with Crippen LogP contribution in [0.4, 0.5) is 0 Å². The van der Waals surface area contributed by atoms with Gasteiger partial charge in [0.2, 0.25) is 0 Å². The van der Waals surface area contributed by atoms with E-state index in [1.807, 2.05) is 25.1 Å². The number of hydrogen-bond acceptors (Lipinski definition) is 6. The third-order valence-electron chi connectivity index (χ3n) is 4.50. The molecular formula is C18H28N2O4. The fraction of sp³-hybridized carbons (Fsp3) is 0.611. The largest absolute Gasteiger partial charge is 0.493 e. The van der Waals surface area contributed by atoms with Crippen molar-refractivity contribution in [2.24, 2.45) is 11.7 Å². The van der Waals surface area contributed by atoms with Crippen LogP contribution in [0.5, 0.6) is 11.5 Å². The summed E-state index contributed by atoms with van der Waals surface area (Å²) in [5, 5.41) is 0. The summed E-state index contributed by atoms with van der Waals surface area (Å²) in [4.78, 5) is 14.3. The van der Waals surface area contributed by atoms with E-state index in [0.717, 1.165) is 37.4 Å². The van der Waals surface area contributed by atoms with Crippen molar-refractivity contribution in [3.05, 3.63) is 23.8 Å². The highest BCUT2D eigenvalue weighted by molar-refractivity contribution is 5.73. The third-order valence-corrected chi connectivity index (χ3v) is 4.50. The van der Waals surface area contributed by atoms with Gasteiger partial charge < -0.3 is 24.8 Å². The summed E-state index contributed by atoms with van der Waals surface area (Å²) in [6, 6.07) is 5.85.